The van der Waals surface area contributed by atoms with E-state index in [-0.39, 0.29) is 11.5 Å². The highest BCUT2D eigenvalue weighted by atomic mass is 35.5. The lowest BCUT2D eigenvalue weighted by atomic mass is 10.2. The van der Waals surface area contributed by atoms with Crippen LogP contribution >= 0.6 is 23.4 Å². The number of nitrogen functional groups attached to an aromatic ring is 1. The van der Waals surface area contributed by atoms with Crippen LogP contribution in [0.5, 0.6) is 0 Å². The monoisotopic (exact) mass is 285 g/mol. The Morgan fingerprint density at radius 1 is 1.11 bits per heavy atom. The van der Waals surface area contributed by atoms with Crippen LogP contribution in [0.1, 0.15) is 5.56 Å². The Bertz CT molecular complexity index is 575. The Morgan fingerprint density at radius 3 is 2.61 bits per heavy atom. The average molecular weight is 286 g/mol. The Kier molecular flexibility index (Phi) is 4.09. The molecule has 0 amide bonds. The molecule has 18 heavy (non-hydrogen) atoms. The fraction of sp³-hybridized carbons (Fsp3) is 0.0769. The van der Waals surface area contributed by atoms with Crippen molar-refractivity contribution in [2.45, 2.75) is 10.6 Å². The highest BCUT2D eigenvalue weighted by molar-refractivity contribution is 7.98. The van der Waals surface area contributed by atoms with Crippen molar-refractivity contribution in [1.29, 1.82) is 0 Å². The van der Waals surface area contributed by atoms with Crippen molar-refractivity contribution in [1.82, 2.24) is 0 Å². The molecule has 0 aliphatic rings. The van der Waals surface area contributed by atoms with Crippen molar-refractivity contribution in [2.24, 2.45) is 0 Å². The minimum absolute atomic E-state index is 0.114. The highest BCUT2D eigenvalue weighted by Crippen LogP contribution is 2.28. The number of halogens is 3. The average Bonchev–Trinajstić information content (AvgIpc) is 2.34. The minimum atomic E-state index is -0.453. The Labute approximate surface area is 113 Å². The van der Waals surface area contributed by atoms with Crippen LogP contribution in [0, 0.1) is 11.6 Å². The zero-order chi connectivity index (χ0) is 13.1. The molecule has 0 aromatic heterocycles. The molecule has 0 bridgehead atoms. The summed E-state index contributed by atoms with van der Waals surface area (Å²) in [6.45, 7) is 0. The fourth-order valence-electron chi connectivity index (χ4n) is 1.41. The zero-order valence-electron chi connectivity index (χ0n) is 9.29. The summed E-state index contributed by atoms with van der Waals surface area (Å²) in [5.41, 5.74) is 6.18. The van der Waals surface area contributed by atoms with Crippen LogP contribution in [0.4, 0.5) is 14.5 Å². The molecule has 0 atom stereocenters. The molecule has 0 saturated carbocycles. The SMILES string of the molecule is Nc1ccc(SCc2cc(F)ccc2Cl)cc1F. The second-order valence-corrected chi connectivity index (χ2v) is 5.16. The molecular weight excluding hydrogens is 276 g/mol. The molecule has 94 valence electrons. The van der Waals surface area contributed by atoms with Crippen molar-refractivity contribution in [3.05, 3.63) is 58.6 Å². The van der Waals surface area contributed by atoms with Crippen LogP contribution in [-0.2, 0) is 5.75 Å². The van der Waals surface area contributed by atoms with Crippen molar-refractivity contribution in [3.8, 4) is 0 Å². The number of benzene rings is 2. The first kappa shape index (κ1) is 13.2. The molecule has 0 radical (unpaired) electrons. The first-order valence-corrected chi connectivity index (χ1v) is 6.54. The topological polar surface area (TPSA) is 26.0 Å². The molecule has 1 nitrogen and oxygen atoms in total. The summed E-state index contributed by atoms with van der Waals surface area (Å²) in [4.78, 5) is 0.724. The molecule has 0 fully saturated rings. The summed E-state index contributed by atoms with van der Waals surface area (Å²) in [6.07, 6.45) is 0. The number of hydrogen-bond acceptors (Lipinski definition) is 2. The van der Waals surface area contributed by atoms with Crippen LogP contribution in [0.15, 0.2) is 41.3 Å². The van der Waals surface area contributed by atoms with E-state index in [1.807, 2.05) is 0 Å². The van der Waals surface area contributed by atoms with E-state index in [1.165, 1.54) is 42.1 Å². The smallest absolute Gasteiger partial charge is 0.147 e. The predicted octanol–water partition coefficient (Wildman–Crippen LogP) is 4.49. The Morgan fingerprint density at radius 2 is 1.89 bits per heavy atom. The standard InChI is InChI=1S/C13H10ClF2NS/c14-11-3-1-9(15)5-8(11)7-18-10-2-4-13(17)12(16)6-10/h1-6H,7,17H2. The molecule has 0 aliphatic carbocycles. The van der Waals surface area contributed by atoms with Gasteiger partial charge in [-0.1, -0.05) is 11.6 Å². The van der Waals surface area contributed by atoms with Crippen molar-refractivity contribution >= 4 is 29.1 Å². The van der Waals surface area contributed by atoms with Gasteiger partial charge in [-0.3, -0.25) is 0 Å². The lowest BCUT2D eigenvalue weighted by molar-refractivity contribution is 0.626. The predicted molar refractivity (Wildman–Crippen MR) is 71.8 cm³/mol. The van der Waals surface area contributed by atoms with Gasteiger partial charge >= 0.3 is 0 Å². The normalized spacial score (nSPS) is 10.6. The summed E-state index contributed by atoms with van der Waals surface area (Å²) >= 11 is 7.32. The van der Waals surface area contributed by atoms with Gasteiger partial charge in [0.05, 0.1) is 5.69 Å². The van der Waals surface area contributed by atoms with Gasteiger partial charge in [0.25, 0.3) is 0 Å². The second kappa shape index (κ2) is 5.59. The van der Waals surface area contributed by atoms with E-state index in [0.717, 1.165) is 4.90 Å². The molecule has 0 saturated heterocycles. The third-order valence-corrected chi connectivity index (χ3v) is 3.79. The quantitative estimate of drug-likeness (QED) is 0.664. The number of nitrogens with two attached hydrogens (primary N) is 1. The summed E-state index contributed by atoms with van der Waals surface area (Å²) in [6, 6.07) is 8.77. The molecule has 0 heterocycles. The van der Waals surface area contributed by atoms with Gasteiger partial charge in [-0.2, -0.15) is 0 Å². The van der Waals surface area contributed by atoms with Gasteiger partial charge in [-0.15, -0.1) is 11.8 Å². The van der Waals surface area contributed by atoms with Gasteiger partial charge in [0.1, 0.15) is 11.6 Å². The van der Waals surface area contributed by atoms with Crippen LogP contribution in [0.2, 0.25) is 5.02 Å². The Hall–Kier alpha value is -1.26. The van der Waals surface area contributed by atoms with Crippen LogP contribution in [-0.4, -0.2) is 0 Å². The van der Waals surface area contributed by atoms with E-state index in [9.17, 15) is 8.78 Å². The Balaban J connectivity index is 2.11. The molecular formula is C13H10ClF2NS. The molecule has 0 aliphatic heterocycles. The van der Waals surface area contributed by atoms with Gasteiger partial charge in [0.2, 0.25) is 0 Å². The summed E-state index contributed by atoms with van der Waals surface area (Å²) in [5.74, 6) is -0.316. The number of rotatable bonds is 3. The van der Waals surface area contributed by atoms with Gasteiger partial charge in [0.15, 0.2) is 0 Å². The van der Waals surface area contributed by atoms with Crippen LogP contribution in [0.25, 0.3) is 0 Å². The third kappa shape index (κ3) is 3.15. The summed E-state index contributed by atoms with van der Waals surface area (Å²) in [5, 5.41) is 0.500. The molecule has 5 heteroatoms. The number of hydrogen-bond donors (Lipinski definition) is 1. The molecule has 2 rings (SSSR count). The van der Waals surface area contributed by atoms with Crippen LogP contribution < -0.4 is 5.73 Å². The highest BCUT2D eigenvalue weighted by Gasteiger charge is 2.05. The van der Waals surface area contributed by atoms with E-state index >= 15 is 0 Å². The van der Waals surface area contributed by atoms with Gasteiger partial charge in [-0.25, -0.2) is 8.78 Å². The summed E-state index contributed by atoms with van der Waals surface area (Å²) in [7, 11) is 0. The van der Waals surface area contributed by atoms with E-state index in [0.29, 0.717) is 16.3 Å². The van der Waals surface area contributed by atoms with Gasteiger partial charge in [-0.05, 0) is 42.0 Å². The molecule has 2 aromatic carbocycles. The molecule has 0 unspecified atom stereocenters. The summed E-state index contributed by atoms with van der Waals surface area (Å²) < 4.78 is 26.3. The lowest BCUT2D eigenvalue weighted by Crippen LogP contribution is -1.90. The molecule has 2 aromatic rings. The molecule has 0 spiro atoms. The first-order chi connectivity index (χ1) is 8.56. The maximum Gasteiger partial charge on any atom is 0.147 e. The number of thioether (sulfide) groups is 1. The number of anilines is 1. The lowest BCUT2D eigenvalue weighted by Gasteiger charge is -2.05. The van der Waals surface area contributed by atoms with Gasteiger partial charge < -0.3 is 5.73 Å². The van der Waals surface area contributed by atoms with Gasteiger partial charge in [0, 0.05) is 15.7 Å². The van der Waals surface area contributed by atoms with E-state index < -0.39 is 5.82 Å². The largest absolute Gasteiger partial charge is 0.396 e. The zero-order valence-corrected chi connectivity index (χ0v) is 10.9. The van der Waals surface area contributed by atoms with Crippen molar-refractivity contribution in [3.63, 3.8) is 0 Å². The third-order valence-electron chi connectivity index (χ3n) is 2.37. The van der Waals surface area contributed by atoms with Crippen LogP contribution in [0.3, 0.4) is 0 Å². The van der Waals surface area contributed by atoms with Crippen molar-refractivity contribution in [2.75, 3.05) is 5.73 Å². The van der Waals surface area contributed by atoms with E-state index in [4.69, 9.17) is 17.3 Å². The molecule has 2 N–H and O–H groups in total. The van der Waals surface area contributed by atoms with E-state index in [1.54, 1.807) is 6.07 Å². The maximum atomic E-state index is 13.2. The fourth-order valence-corrected chi connectivity index (χ4v) is 2.59. The minimum Gasteiger partial charge on any atom is -0.396 e. The second-order valence-electron chi connectivity index (χ2n) is 3.71. The van der Waals surface area contributed by atoms with E-state index in [2.05, 4.69) is 0 Å². The van der Waals surface area contributed by atoms with Crippen molar-refractivity contribution < 1.29 is 8.78 Å². The maximum absolute atomic E-state index is 13.2. The first-order valence-electron chi connectivity index (χ1n) is 5.18.